The molecule has 1 aliphatic rings. The van der Waals surface area contributed by atoms with Gasteiger partial charge in [0.2, 0.25) is 0 Å². The third-order valence-corrected chi connectivity index (χ3v) is 5.99. The van der Waals surface area contributed by atoms with E-state index in [2.05, 4.69) is 5.32 Å². The number of fused-ring (bicyclic) bond motifs is 1. The molecule has 3 rings (SSSR count). The predicted molar refractivity (Wildman–Crippen MR) is 126 cm³/mol. The molecule has 160 valence electrons. The molecule has 1 saturated heterocycles. The van der Waals surface area contributed by atoms with Gasteiger partial charge in [-0.25, -0.2) is 4.98 Å². The first-order valence-electron chi connectivity index (χ1n) is 9.95. The molecule has 0 aliphatic carbocycles. The summed E-state index contributed by atoms with van der Waals surface area (Å²) in [4.78, 5) is 32.8. The van der Waals surface area contributed by atoms with Crippen LogP contribution in [-0.2, 0) is 9.53 Å². The minimum absolute atomic E-state index is 0.0435. The van der Waals surface area contributed by atoms with Gasteiger partial charge in [-0.3, -0.25) is 18.9 Å². The van der Waals surface area contributed by atoms with Crippen LogP contribution in [0.3, 0.4) is 0 Å². The van der Waals surface area contributed by atoms with Gasteiger partial charge in [-0.1, -0.05) is 30.0 Å². The van der Waals surface area contributed by atoms with Crippen molar-refractivity contribution in [1.82, 2.24) is 14.3 Å². The number of rotatable bonds is 8. The molecule has 0 unspecified atom stereocenters. The fourth-order valence-electron chi connectivity index (χ4n) is 3.16. The van der Waals surface area contributed by atoms with E-state index < -0.39 is 0 Å². The van der Waals surface area contributed by atoms with Crippen molar-refractivity contribution in [2.45, 2.75) is 40.2 Å². The van der Waals surface area contributed by atoms with Crippen molar-refractivity contribution in [3.05, 3.63) is 44.7 Å². The quantitative estimate of drug-likeness (QED) is 0.378. The van der Waals surface area contributed by atoms with Crippen LogP contribution in [0.1, 0.15) is 38.3 Å². The van der Waals surface area contributed by atoms with Gasteiger partial charge in [0.1, 0.15) is 15.8 Å². The van der Waals surface area contributed by atoms with E-state index in [9.17, 15) is 9.59 Å². The average Bonchev–Trinajstić information content (AvgIpc) is 2.98. The SMILES string of the molecule is CCOCCCNc1nc2c(C)cccn2c(=O)c1C=C1SC(=S)N(C(C)C)C1=O. The number of aryl methyl sites for hydroxylation is 1. The molecule has 0 atom stereocenters. The summed E-state index contributed by atoms with van der Waals surface area (Å²) in [6.45, 7) is 9.57. The van der Waals surface area contributed by atoms with Crippen LogP contribution in [0.15, 0.2) is 28.0 Å². The lowest BCUT2D eigenvalue weighted by Gasteiger charge is -2.18. The van der Waals surface area contributed by atoms with Gasteiger partial charge in [0.25, 0.3) is 11.5 Å². The second-order valence-electron chi connectivity index (χ2n) is 7.19. The zero-order valence-electron chi connectivity index (χ0n) is 17.6. The molecule has 1 N–H and O–H groups in total. The maximum Gasteiger partial charge on any atom is 0.267 e. The van der Waals surface area contributed by atoms with E-state index in [0.717, 1.165) is 12.0 Å². The van der Waals surface area contributed by atoms with E-state index in [1.807, 2.05) is 39.8 Å². The van der Waals surface area contributed by atoms with Crippen LogP contribution in [0.25, 0.3) is 11.7 Å². The summed E-state index contributed by atoms with van der Waals surface area (Å²) in [6.07, 6.45) is 4.07. The zero-order valence-corrected chi connectivity index (χ0v) is 19.2. The third kappa shape index (κ3) is 4.58. The van der Waals surface area contributed by atoms with Crippen LogP contribution in [0.5, 0.6) is 0 Å². The van der Waals surface area contributed by atoms with Crippen LogP contribution < -0.4 is 10.9 Å². The normalized spacial score (nSPS) is 15.8. The highest BCUT2D eigenvalue weighted by Gasteiger charge is 2.34. The lowest BCUT2D eigenvalue weighted by molar-refractivity contribution is -0.123. The Balaban J connectivity index is 2.04. The van der Waals surface area contributed by atoms with E-state index in [-0.39, 0.29) is 17.5 Å². The van der Waals surface area contributed by atoms with Crippen molar-refractivity contribution < 1.29 is 9.53 Å². The molecular weight excluding hydrogens is 420 g/mol. The number of carbonyl (C=O) groups excluding carboxylic acids is 1. The Labute approximate surface area is 185 Å². The Bertz CT molecular complexity index is 1060. The summed E-state index contributed by atoms with van der Waals surface area (Å²) in [5, 5.41) is 3.25. The Morgan fingerprint density at radius 3 is 2.80 bits per heavy atom. The minimum Gasteiger partial charge on any atom is -0.382 e. The molecule has 0 bridgehead atoms. The van der Waals surface area contributed by atoms with Gasteiger partial charge in [0, 0.05) is 32.0 Å². The number of thioether (sulfide) groups is 1. The van der Waals surface area contributed by atoms with Gasteiger partial charge in [0.05, 0.1) is 10.5 Å². The van der Waals surface area contributed by atoms with Gasteiger partial charge >= 0.3 is 0 Å². The van der Waals surface area contributed by atoms with Crippen molar-refractivity contribution in [3.63, 3.8) is 0 Å². The number of ether oxygens (including phenoxy) is 1. The molecule has 30 heavy (non-hydrogen) atoms. The number of hydrogen-bond acceptors (Lipinski definition) is 7. The maximum atomic E-state index is 13.3. The second-order valence-corrected chi connectivity index (χ2v) is 8.86. The largest absolute Gasteiger partial charge is 0.382 e. The number of hydrogen-bond donors (Lipinski definition) is 1. The molecule has 2 aromatic heterocycles. The van der Waals surface area contributed by atoms with Crippen LogP contribution >= 0.6 is 24.0 Å². The molecule has 3 heterocycles. The zero-order chi connectivity index (χ0) is 21.8. The fraction of sp³-hybridized carbons (Fsp3) is 0.429. The summed E-state index contributed by atoms with van der Waals surface area (Å²) in [7, 11) is 0. The smallest absolute Gasteiger partial charge is 0.267 e. The van der Waals surface area contributed by atoms with E-state index in [0.29, 0.717) is 46.0 Å². The van der Waals surface area contributed by atoms with Crippen LogP contribution in [0, 0.1) is 6.92 Å². The van der Waals surface area contributed by atoms with Crippen molar-refractivity contribution in [2.75, 3.05) is 25.1 Å². The Kier molecular flexibility index (Phi) is 7.27. The highest BCUT2D eigenvalue weighted by molar-refractivity contribution is 8.26. The number of thiocarbonyl (C=S) groups is 1. The molecule has 1 fully saturated rings. The standard InChI is InChI=1S/C21H26N4O3S2/c1-5-28-11-7-9-22-17-15(12-16-20(27)25(13(2)3)21(29)30-16)19(26)24-10-6-8-14(4)18(24)23-17/h6,8,10,12-13,22H,5,7,9,11H2,1-4H3. The molecule has 1 aliphatic heterocycles. The molecule has 2 aromatic rings. The van der Waals surface area contributed by atoms with Crippen molar-refractivity contribution >= 4 is 51.7 Å². The van der Waals surface area contributed by atoms with E-state index in [4.69, 9.17) is 21.9 Å². The summed E-state index contributed by atoms with van der Waals surface area (Å²) < 4.78 is 7.38. The van der Waals surface area contributed by atoms with E-state index in [1.54, 1.807) is 17.2 Å². The van der Waals surface area contributed by atoms with Gasteiger partial charge in [-0.05, 0) is 51.8 Å². The molecular formula is C21H26N4O3S2. The van der Waals surface area contributed by atoms with Crippen molar-refractivity contribution in [2.24, 2.45) is 0 Å². The number of anilines is 1. The number of carbonyl (C=O) groups is 1. The van der Waals surface area contributed by atoms with Crippen LogP contribution in [-0.4, -0.2) is 50.3 Å². The van der Waals surface area contributed by atoms with Crippen LogP contribution in [0.2, 0.25) is 0 Å². The topological polar surface area (TPSA) is 75.9 Å². The van der Waals surface area contributed by atoms with Gasteiger partial charge in [-0.2, -0.15) is 0 Å². The molecule has 9 heteroatoms. The van der Waals surface area contributed by atoms with Gasteiger partial charge in [0.15, 0.2) is 0 Å². The highest BCUT2D eigenvalue weighted by atomic mass is 32.2. The van der Waals surface area contributed by atoms with Crippen molar-refractivity contribution in [1.29, 1.82) is 0 Å². The number of nitrogens with zero attached hydrogens (tertiary/aromatic N) is 3. The summed E-state index contributed by atoms with van der Waals surface area (Å²) in [5.41, 5.74) is 1.59. The average molecular weight is 447 g/mol. The minimum atomic E-state index is -0.231. The monoisotopic (exact) mass is 446 g/mol. The Morgan fingerprint density at radius 2 is 2.13 bits per heavy atom. The molecule has 1 amide bonds. The first-order valence-corrected chi connectivity index (χ1v) is 11.2. The molecule has 0 radical (unpaired) electrons. The Hall–Kier alpha value is -2.23. The second kappa shape index (κ2) is 9.72. The number of aromatic nitrogens is 2. The molecule has 0 aromatic carbocycles. The van der Waals surface area contributed by atoms with Crippen molar-refractivity contribution in [3.8, 4) is 0 Å². The summed E-state index contributed by atoms with van der Waals surface area (Å²) >= 11 is 6.57. The van der Waals surface area contributed by atoms with E-state index >= 15 is 0 Å². The maximum absolute atomic E-state index is 13.3. The third-order valence-electron chi connectivity index (χ3n) is 4.66. The molecule has 0 spiro atoms. The number of nitrogens with one attached hydrogen (secondary N) is 1. The van der Waals surface area contributed by atoms with E-state index in [1.165, 1.54) is 16.2 Å². The van der Waals surface area contributed by atoms with Gasteiger partial charge < -0.3 is 10.1 Å². The molecule has 0 saturated carbocycles. The summed E-state index contributed by atoms with van der Waals surface area (Å²) in [6, 6.07) is 3.68. The lowest BCUT2D eigenvalue weighted by atomic mass is 10.2. The van der Waals surface area contributed by atoms with Gasteiger partial charge in [-0.15, -0.1) is 0 Å². The van der Waals surface area contributed by atoms with Crippen LogP contribution in [0.4, 0.5) is 5.82 Å². The fourth-order valence-corrected chi connectivity index (χ4v) is 4.66. The molecule has 7 nitrogen and oxygen atoms in total. The highest BCUT2D eigenvalue weighted by Crippen LogP contribution is 2.34. The number of amides is 1. The number of pyridine rings is 1. The first kappa shape index (κ1) is 22.5. The lowest BCUT2D eigenvalue weighted by Crippen LogP contribution is -2.34. The first-order chi connectivity index (χ1) is 14.3. The predicted octanol–water partition coefficient (Wildman–Crippen LogP) is 3.45. The summed E-state index contributed by atoms with van der Waals surface area (Å²) in [5.74, 6) is 0.275. The Morgan fingerprint density at radius 1 is 1.37 bits per heavy atom.